The highest BCUT2D eigenvalue weighted by Gasteiger charge is 2.03. The molecule has 5 heteroatoms. The lowest BCUT2D eigenvalue weighted by atomic mass is 10.1. The highest BCUT2D eigenvalue weighted by atomic mass is 35.5. The predicted octanol–water partition coefficient (Wildman–Crippen LogP) is 4.42. The van der Waals surface area contributed by atoms with E-state index in [9.17, 15) is 4.79 Å². The number of rotatable bonds is 4. The normalized spacial score (nSPS) is 10.8. The Morgan fingerprint density at radius 1 is 1.22 bits per heavy atom. The molecule has 0 spiro atoms. The molecule has 0 aliphatic heterocycles. The summed E-state index contributed by atoms with van der Waals surface area (Å²) in [7, 11) is 3.94. The molecule has 1 N–H and O–H groups in total. The van der Waals surface area contributed by atoms with Gasteiger partial charge in [0.2, 0.25) is 5.91 Å². The summed E-state index contributed by atoms with van der Waals surface area (Å²) in [6.45, 7) is 3.45. The molecule has 0 saturated carbocycles. The van der Waals surface area contributed by atoms with Crippen molar-refractivity contribution in [3.63, 3.8) is 0 Å². The summed E-state index contributed by atoms with van der Waals surface area (Å²) >= 11 is 6.30. The lowest BCUT2D eigenvalue weighted by Gasteiger charge is -2.13. The molecule has 2 aromatic carbocycles. The summed E-state index contributed by atoms with van der Waals surface area (Å²) in [6.07, 6.45) is 1.74. The van der Waals surface area contributed by atoms with E-state index in [2.05, 4.69) is 10.3 Å². The fourth-order valence-electron chi connectivity index (χ4n) is 2.07. The quantitative estimate of drug-likeness (QED) is 0.844. The fraction of sp³-hybridized carbons (Fsp3) is 0.222. The molecule has 2 aromatic rings. The maximum Gasteiger partial charge on any atom is 0.221 e. The van der Waals surface area contributed by atoms with Gasteiger partial charge in [0.25, 0.3) is 0 Å². The van der Waals surface area contributed by atoms with Gasteiger partial charge in [-0.15, -0.1) is 0 Å². The maximum atomic E-state index is 11.1. The van der Waals surface area contributed by atoms with Crippen molar-refractivity contribution in [1.82, 2.24) is 0 Å². The van der Waals surface area contributed by atoms with Gasteiger partial charge in [-0.1, -0.05) is 17.7 Å². The molecular weight excluding hydrogens is 310 g/mol. The van der Waals surface area contributed by atoms with E-state index in [4.69, 9.17) is 11.6 Å². The Morgan fingerprint density at radius 3 is 2.57 bits per heavy atom. The zero-order chi connectivity index (χ0) is 17.0. The smallest absolute Gasteiger partial charge is 0.221 e. The number of benzene rings is 2. The van der Waals surface area contributed by atoms with Crippen LogP contribution in [0.3, 0.4) is 0 Å². The van der Waals surface area contributed by atoms with Gasteiger partial charge in [0.1, 0.15) is 0 Å². The molecule has 0 aliphatic rings. The third-order valence-electron chi connectivity index (χ3n) is 3.37. The molecule has 4 nitrogen and oxygen atoms in total. The summed E-state index contributed by atoms with van der Waals surface area (Å²) in [5, 5.41) is 3.41. The Kier molecular flexibility index (Phi) is 5.40. The topological polar surface area (TPSA) is 44.7 Å². The monoisotopic (exact) mass is 329 g/mol. The summed E-state index contributed by atoms with van der Waals surface area (Å²) < 4.78 is 0. The van der Waals surface area contributed by atoms with Crippen LogP contribution in [0, 0.1) is 6.92 Å². The summed E-state index contributed by atoms with van der Waals surface area (Å²) in [5.41, 5.74) is 4.43. The molecule has 0 aliphatic carbocycles. The molecule has 120 valence electrons. The SMILES string of the molecule is CC(=O)Nc1ccc(C)c(N=Cc2ccc(N(C)C)cc2Cl)c1. The summed E-state index contributed by atoms with van der Waals surface area (Å²) in [5.74, 6) is -0.105. The average Bonchev–Trinajstić information content (AvgIpc) is 2.48. The largest absolute Gasteiger partial charge is 0.378 e. The van der Waals surface area contributed by atoms with Crippen LogP contribution in [0.1, 0.15) is 18.1 Å². The Morgan fingerprint density at radius 2 is 1.96 bits per heavy atom. The molecule has 0 saturated heterocycles. The van der Waals surface area contributed by atoms with Crippen LogP contribution in [-0.4, -0.2) is 26.2 Å². The third kappa shape index (κ3) is 4.57. The molecule has 0 atom stereocenters. The van der Waals surface area contributed by atoms with Gasteiger partial charge < -0.3 is 10.2 Å². The first-order chi connectivity index (χ1) is 10.9. The van der Waals surface area contributed by atoms with E-state index in [1.165, 1.54) is 6.92 Å². The number of halogens is 1. The van der Waals surface area contributed by atoms with E-state index in [0.717, 1.165) is 28.2 Å². The number of aliphatic imine (C=N–C) groups is 1. The van der Waals surface area contributed by atoms with Crippen LogP contribution in [0.15, 0.2) is 41.4 Å². The lowest BCUT2D eigenvalue weighted by molar-refractivity contribution is -0.114. The van der Waals surface area contributed by atoms with Crippen LogP contribution < -0.4 is 10.2 Å². The van der Waals surface area contributed by atoms with Crippen molar-refractivity contribution in [3.05, 3.63) is 52.5 Å². The molecule has 0 radical (unpaired) electrons. The standard InChI is InChI=1S/C18H20ClN3O/c1-12-5-7-15(21-13(2)23)9-18(12)20-11-14-6-8-16(22(3)4)10-17(14)19/h5-11H,1-4H3,(H,21,23). The van der Waals surface area contributed by atoms with Crippen LogP contribution in [0.5, 0.6) is 0 Å². The van der Waals surface area contributed by atoms with Crippen molar-refractivity contribution < 1.29 is 4.79 Å². The van der Waals surface area contributed by atoms with Crippen LogP contribution in [0.4, 0.5) is 17.1 Å². The van der Waals surface area contributed by atoms with Gasteiger partial charge in [0.15, 0.2) is 0 Å². The first-order valence-electron chi connectivity index (χ1n) is 7.26. The molecule has 23 heavy (non-hydrogen) atoms. The molecule has 0 heterocycles. The zero-order valence-corrected chi connectivity index (χ0v) is 14.5. The number of hydrogen-bond donors (Lipinski definition) is 1. The first kappa shape index (κ1) is 17.0. The van der Waals surface area contributed by atoms with Gasteiger partial charge in [0, 0.05) is 44.2 Å². The van der Waals surface area contributed by atoms with Crippen LogP contribution in [0.25, 0.3) is 0 Å². The van der Waals surface area contributed by atoms with Gasteiger partial charge in [0.05, 0.1) is 10.7 Å². The van der Waals surface area contributed by atoms with E-state index in [1.807, 2.05) is 62.3 Å². The molecule has 2 rings (SSSR count). The second kappa shape index (κ2) is 7.29. The van der Waals surface area contributed by atoms with Gasteiger partial charge in [-0.25, -0.2) is 0 Å². The summed E-state index contributed by atoms with van der Waals surface area (Å²) in [6, 6.07) is 11.5. The van der Waals surface area contributed by atoms with Crippen molar-refractivity contribution >= 4 is 40.8 Å². The van der Waals surface area contributed by atoms with Crippen LogP contribution in [0.2, 0.25) is 5.02 Å². The third-order valence-corrected chi connectivity index (χ3v) is 3.70. The Labute approximate surface area is 141 Å². The zero-order valence-electron chi connectivity index (χ0n) is 13.7. The number of carbonyl (C=O) groups excluding carboxylic acids is 1. The van der Waals surface area contributed by atoms with Crippen LogP contribution >= 0.6 is 11.6 Å². The van der Waals surface area contributed by atoms with Crippen molar-refractivity contribution in [2.45, 2.75) is 13.8 Å². The number of hydrogen-bond acceptors (Lipinski definition) is 3. The van der Waals surface area contributed by atoms with E-state index >= 15 is 0 Å². The lowest BCUT2D eigenvalue weighted by Crippen LogP contribution is -2.08. The maximum absolute atomic E-state index is 11.1. The number of aryl methyl sites for hydroxylation is 1. The number of amides is 1. The van der Waals surface area contributed by atoms with E-state index in [0.29, 0.717) is 5.02 Å². The minimum Gasteiger partial charge on any atom is -0.378 e. The number of carbonyl (C=O) groups is 1. The van der Waals surface area contributed by atoms with Gasteiger partial charge in [-0.05, 0) is 42.8 Å². The first-order valence-corrected chi connectivity index (χ1v) is 7.64. The van der Waals surface area contributed by atoms with Gasteiger partial charge in [-0.3, -0.25) is 9.79 Å². The van der Waals surface area contributed by atoms with E-state index in [1.54, 1.807) is 6.21 Å². The second-order valence-electron chi connectivity index (χ2n) is 5.54. The van der Waals surface area contributed by atoms with Gasteiger partial charge >= 0.3 is 0 Å². The number of nitrogens with zero attached hydrogens (tertiary/aromatic N) is 2. The molecule has 0 fully saturated rings. The Balaban J connectivity index is 2.27. The second-order valence-corrected chi connectivity index (χ2v) is 5.95. The van der Waals surface area contributed by atoms with Crippen molar-refractivity contribution in [2.75, 3.05) is 24.3 Å². The highest BCUT2D eigenvalue weighted by molar-refractivity contribution is 6.33. The minimum atomic E-state index is -0.105. The van der Waals surface area contributed by atoms with Gasteiger partial charge in [-0.2, -0.15) is 0 Å². The summed E-state index contributed by atoms with van der Waals surface area (Å²) in [4.78, 5) is 17.6. The molecule has 1 amide bonds. The minimum absolute atomic E-state index is 0.105. The van der Waals surface area contributed by atoms with Crippen molar-refractivity contribution in [1.29, 1.82) is 0 Å². The molecule has 0 unspecified atom stereocenters. The average molecular weight is 330 g/mol. The number of anilines is 2. The number of nitrogens with one attached hydrogen (secondary N) is 1. The fourth-order valence-corrected chi connectivity index (χ4v) is 2.29. The van der Waals surface area contributed by atoms with E-state index < -0.39 is 0 Å². The Hall–Kier alpha value is -2.33. The molecule has 0 aromatic heterocycles. The Bertz CT molecular complexity index is 754. The van der Waals surface area contributed by atoms with E-state index in [-0.39, 0.29) is 5.91 Å². The van der Waals surface area contributed by atoms with Crippen molar-refractivity contribution in [2.24, 2.45) is 4.99 Å². The molecule has 0 bridgehead atoms. The molecular formula is C18H20ClN3O. The highest BCUT2D eigenvalue weighted by Crippen LogP contribution is 2.25. The van der Waals surface area contributed by atoms with Crippen LogP contribution in [-0.2, 0) is 4.79 Å². The predicted molar refractivity (Wildman–Crippen MR) is 98.5 cm³/mol. The van der Waals surface area contributed by atoms with Crippen molar-refractivity contribution in [3.8, 4) is 0 Å².